The van der Waals surface area contributed by atoms with Gasteiger partial charge in [-0.1, -0.05) is 29.8 Å². The average Bonchev–Trinajstić information content (AvgIpc) is 2.96. The molecule has 0 saturated heterocycles. The van der Waals surface area contributed by atoms with Crippen molar-refractivity contribution in [1.82, 2.24) is 4.98 Å². The summed E-state index contributed by atoms with van der Waals surface area (Å²) in [6.07, 6.45) is 2.11. The molecule has 0 spiro atoms. The monoisotopic (exact) mass is 309 g/mol. The molecule has 0 bridgehead atoms. The molecule has 23 heavy (non-hydrogen) atoms. The Hall–Kier alpha value is -2.75. The molecule has 0 saturated carbocycles. The Morgan fingerprint density at radius 3 is 2.78 bits per heavy atom. The summed E-state index contributed by atoms with van der Waals surface area (Å²) in [5.41, 5.74) is 3.95. The van der Waals surface area contributed by atoms with E-state index in [-0.39, 0.29) is 19.0 Å². The van der Waals surface area contributed by atoms with Crippen molar-refractivity contribution in [3.8, 4) is 5.75 Å². The maximum atomic E-state index is 12.1. The Labute approximate surface area is 135 Å². The fourth-order valence-corrected chi connectivity index (χ4v) is 2.66. The van der Waals surface area contributed by atoms with Crippen molar-refractivity contribution >= 4 is 16.9 Å². The lowest BCUT2D eigenvalue weighted by Crippen LogP contribution is -2.08. The highest BCUT2D eigenvalue weighted by Crippen LogP contribution is 2.22. The highest BCUT2D eigenvalue weighted by atomic mass is 16.5. The van der Waals surface area contributed by atoms with Gasteiger partial charge in [0.05, 0.1) is 13.5 Å². The van der Waals surface area contributed by atoms with Gasteiger partial charge in [0, 0.05) is 22.7 Å². The predicted molar refractivity (Wildman–Crippen MR) is 89.5 cm³/mol. The van der Waals surface area contributed by atoms with Crippen LogP contribution in [0.1, 0.15) is 16.7 Å². The number of benzene rings is 2. The van der Waals surface area contributed by atoms with Crippen LogP contribution in [0.15, 0.2) is 48.7 Å². The van der Waals surface area contributed by atoms with E-state index < -0.39 is 0 Å². The molecule has 3 aromatic rings. The number of fused-ring (bicyclic) bond motifs is 1. The van der Waals surface area contributed by atoms with Crippen LogP contribution in [0.3, 0.4) is 0 Å². The van der Waals surface area contributed by atoms with Gasteiger partial charge in [-0.2, -0.15) is 0 Å². The van der Waals surface area contributed by atoms with Crippen molar-refractivity contribution < 1.29 is 14.3 Å². The summed E-state index contributed by atoms with van der Waals surface area (Å²) >= 11 is 0. The first kappa shape index (κ1) is 15.2. The third-order valence-corrected chi connectivity index (χ3v) is 3.83. The van der Waals surface area contributed by atoms with E-state index in [0.717, 1.165) is 33.3 Å². The second kappa shape index (κ2) is 6.57. The molecule has 1 heterocycles. The summed E-state index contributed by atoms with van der Waals surface area (Å²) in [4.78, 5) is 15.3. The maximum absolute atomic E-state index is 12.1. The van der Waals surface area contributed by atoms with Gasteiger partial charge in [0.2, 0.25) is 0 Å². The third-order valence-electron chi connectivity index (χ3n) is 3.83. The summed E-state index contributed by atoms with van der Waals surface area (Å²) < 4.78 is 10.7. The molecule has 3 rings (SSSR count). The van der Waals surface area contributed by atoms with Crippen molar-refractivity contribution in [3.63, 3.8) is 0 Å². The summed E-state index contributed by atoms with van der Waals surface area (Å²) in [5, 5.41) is 1.05. The fourth-order valence-electron chi connectivity index (χ4n) is 2.66. The second-order valence-corrected chi connectivity index (χ2v) is 5.51. The highest BCUT2D eigenvalue weighted by molar-refractivity contribution is 5.87. The molecule has 0 amide bonds. The minimum absolute atomic E-state index is 0.214. The molecule has 0 fully saturated rings. The van der Waals surface area contributed by atoms with Crippen LogP contribution in [-0.2, 0) is 22.6 Å². The van der Waals surface area contributed by atoms with E-state index in [9.17, 15) is 4.79 Å². The molecule has 4 nitrogen and oxygen atoms in total. The molecular formula is C19H19NO3. The van der Waals surface area contributed by atoms with E-state index in [0.29, 0.717) is 0 Å². The Morgan fingerprint density at radius 2 is 1.96 bits per heavy atom. The van der Waals surface area contributed by atoms with E-state index in [4.69, 9.17) is 9.47 Å². The minimum Gasteiger partial charge on any atom is -0.496 e. The molecule has 0 aliphatic heterocycles. The minimum atomic E-state index is -0.252. The Balaban J connectivity index is 1.67. The third kappa shape index (κ3) is 3.37. The van der Waals surface area contributed by atoms with Gasteiger partial charge >= 0.3 is 5.97 Å². The van der Waals surface area contributed by atoms with Gasteiger partial charge in [0.15, 0.2) is 0 Å². The number of aryl methyl sites for hydroxylation is 1. The van der Waals surface area contributed by atoms with Crippen molar-refractivity contribution in [1.29, 1.82) is 0 Å². The van der Waals surface area contributed by atoms with E-state index in [1.54, 1.807) is 7.11 Å². The van der Waals surface area contributed by atoms with Crippen molar-refractivity contribution in [2.24, 2.45) is 0 Å². The molecule has 118 valence electrons. The SMILES string of the molecule is COc1ccc(C)cc1COC(=O)Cc1c[nH]c2ccccc12. The number of aromatic amines is 1. The van der Waals surface area contributed by atoms with E-state index in [1.807, 2.05) is 55.6 Å². The van der Waals surface area contributed by atoms with E-state index >= 15 is 0 Å². The zero-order valence-corrected chi connectivity index (χ0v) is 13.3. The molecule has 0 radical (unpaired) electrons. The quantitative estimate of drug-likeness (QED) is 0.730. The van der Waals surface area contributed by atoms with Gasteiger partial charge in [-0.25, -0.2) is 0 Å². The van der Waals surface area contributed by atoms with Crippen LogP contribution in [0.2, 0.25) is 0 Å². The highest BCUT2D eigenvalue weighted by Gasteiger charge is 2.11. The largest absolute Gasteiger partial charge is 0.496 e. The molecule has 0 aliphatic rings. The lowest BCUT2D eigenvalue weighted by Gasteiger charge is -2.10. The smallest absolute Gasteiger partial charge is 0.310 e. The number of hydrogen-bond donors (Lipinski definition) is 1. The summed E-state index contributed by atoms with van der Waals surface area (Å²) in [7, 11) is 1.61. The number of H-pyrrole nitrogens is 1. The normalized spacial score (nSPS) is 10.7. The number of hydrogen-bond acceptors (Lipinski definition) is 3. The number of methoxy groups -OCH3 is 1. The van der Waals surface area contributed by atoms with Crippen LogP contribution in [0, 0.1) is 6.92 Å². The Morgan fingerprint density at radius 1 is 1.13 bits per heavy atom. The lowest BCUT2D eigenvalue weighted by atomic mass is 10.1. The number of para-hydroxylation sites is 1. The van der Waals surface area contributed by atoms with Crippen LogP contribution >= 0.6 is 0 Å². The van der Waals surface area contributed by atoms with Crippen LogP contribution in [0.5, 0.6) is 5.75 Å². The van der Waals surface area contributed by atoms with Crippen molar-refractivity contribution in [2.45, 2.75) is 20.0 Å². The zero-order chi connectivity index (χ0) is 16.2. The number of ether oxygens (including phenoxy) is 2. The summed E-state index contributed by atoms with van der Waals surface area (Å²) in [5.74, 6) is 0.480. The zero-order valence-electron chi connectivity index (χ0n) is 13.3. The van der Waals surface area contributed by atoms with Crippen LogP contribution in [-0.4, -0.2) is 18.1 Å². The molecular weight excluding hydrogens is 290 g/mol. The van der Waals surface area contributed by atoms with Crippen molar-refractivity contribution in [3.05, 3.63) is 65.4 Å². The lowest BCUT2D eigenvalue weighted by molar-refractivity contribution is -0.144. The first-order valence-corrected chi connectivity index (χ1v) is 7.51. The molecule has 0 atom stereocenters. The van der Waals surface area contributed by atoms with E-state index in [1.165, 1.54) is 0 Å². The number of rotatable bonds is 5. The number of carbonyl (C=O) groups excluding carboxylic acids is 1. The van der Waals surface area contributed by atoms with Crippen molar-refractivity contribution in [2.75, 3.05) is 7.11 Å². The number of aromatic nitrogens is 1. The molecule has 0 aliphatic carbocycles. The molecule has 0 unspecified atom stereocenters. The first-order valence-electron chi connectivity index (χ1n) is 7.51. The number of nitrogens with one attached hydrogen (secondary N) is 1. The van der Waals surface area contributed by atoms with Gasteiger partial charge in [-0.3, -0.25) is 4.79 Å². The standard InChI is InChI=1S/C19H19NO3/c1-13-7-8-18(22-2)15(9-13)12-23-19(21)10-14-11-20-17-6-4-3-5-16(14)17/h3-9,11,20H,10,12H2,1-2H3. The average molecular weight is 309 g/mol. The van der Waals surface area contributed by atoms with Crippen LogP contribution in [0.4, 0.5) is 0 Å². The topological polar surface area (TPSA) is 51.3 Å². The van der Waals surface area contributed by atoms with Gasteiger partial charge in [-0.15, -0.1) is 0 Å². The van der Waals surface area contributed by atoms with Gasteiger partial charge in [0.25, 0.3) is 0 Å². The predicted octanol–water partition coefficient (Wildman–Crippen LogP) is 3.77. The number of carbonyl (C=O) groups is 1. The summed E-state index contributed by atoms with van der Waals surface area (Å²) in [6, 6.07) is 13.7. The fraction of sp³-hybridized carbons (Fsp3) is 0.211. The molecule has 1 N–H and O–H groups in total. The van der Waals surface area contributed by atoms with Crippen LogP contribution in [0.25, 0.3) is 10.9 Å². The second-order valence-electron chi connectivity index (χ2n) is 5.51. The van der Waals surface area contributed by atoms with Gasteiger partial charge in [-0.05, 0) is 30.7 Å². The van der Waals surface area contributed by atoms with Gasteiger partial charge in [0.1, 0.15) is 12.4 Å². The maximum Gasteiger partial charge on any atom is 0.310 e. The Bertz CT molecular complexity index is 836. The molecule has 1 aromatic heterocycles. The van der Waals surface area contributed by atoms with Crippen LogP contribution < -0.4 is 4.74 Å². The first-order chi connectivity index (χ1) is 11.2. The summed E-state index contributed by atoms with van der Waals surface area (Å²) in [6.45, 7) is 2.21. The number of esters is 1. The van der Waals surface area contributed by atoms with E-state index in [2.05, 4.69) is 4.98 Å². The Kier molecular flexibility index (Phi) is 4.33. The van der Waals surface area contributed by atoms with Gasteiger partial charge < -0.3 is 14.5 Å². The molecule has 4 heteroatoms. The molecule has 2 aromatic carbocycles.